The summed E-state index contributed by atoms with van der Waals surface area (Å²) >= 11 is 0. The molecule has 0 aliphatic heterocycles. The van der Waals surface area contributed by atoms with Crippen molar-refractivity contribution in [2.45, 2.75) is 26.4 Å². The molecule has 0 fully saturated rings. The van der Waals surface area contributed by atoms with Crippen molar-refractivity contribution in [2.24, 2.45) is 0 Å². The third-order valence-corrected chi connectivity index (χ3v) is 2.54. The van der Waals surface area contributed by atoms with Crippen LogP contribution in [-0.2, 0) is 0 Å². The molecule has 0 radical (unpaired) electrons. The second-order valence-corrected chi connectivity index (χ2v) is 5.30. The Morgan fingerprint density at radius 1 is 1.33 bits per heavy atom. The van der Waals surface area contributed by atoms with Gasteiger partial charge in [-0.15, -0.1) is 0 Å². The van der Waals surface area contributed by atoms with Crippen LogP contribution in [-0.4, -0.2) is 60.6 Å². The van der Waals surface area contributed by atoms with Crippen LogP contribution in [0.5, 0.6) is 0 Å². The summed E-state index contributed by atoms with van der Waals surface area (Å²) in [5.74, 6) is 1.28. The van der Waals surface area contributed by atoms with E-state index in [1.54, 1.807) is 18.7 Å². The van der Waals surface area contributed by atoms with Gasteiger partial charge in [0.15, 0.2) is 0 Å². The van der Waals surface area contributed by atoms with Crippen molar-refractivity contribution in [3.63, 3.8) is 0 Å². The molecule has 0 aromatic carbocycles. The number of anilines is 2. The average molecular weight is 292 g/mol. The lowest BCUT2D eigenvalue weighted by atomic mass is 10.1. The summed E-state index contributed by atoms with van der Waals surface area (Å²) in [5, 5.41) is 17.0. The van der Waals surface area contributed by atoms with E-state index >= 15 is 0 Å². The van der Waals surface area contributed by atoms with Gasteiger partial charge in [0.1, 0.15) is 12.7 Å². The predicted octanol–water partition coefficient (Wildman–Crippen LogP) is 0.0912. The number of aromatic nitrogens is 6. The fraction of sp³-hybridized carbons (Fsp3) is 0.583. The van der Waals surface area contributed by atoms with Gasteiger partial charge >= 0.3 is 0 Å². The fourth-order valence-electron chi connectivity index (χ4n) is 1.83. The van der Waals surface area contributed by atoms with Crippen LogP contribution in [0.25, 0.3) is 5.95 Å². The Balaban J connectivity index is 2.36. The Bertz CT molecular complexity index is 577. The Morgan fingerprint density at radius 2 is 2.10 bits per heavy atom. The van der Waals surface area contributed by atoms with Crippen LogP contribution in [0.15, 0.2) is 12.7 Å². The van der Waals surface area contributed by atoms with Crippen molar-refractivity contribution in [3.8, 4) is 5.95 Å². The minimum atomic E-state index is -0.854. The van der Waals surface area contributed by atoms with E-state index in [9.17, 15) is 5.11 Å². The van der Waals surface area contributed by atoms with E-state index in [4.69, 9.17) is 0 Å². The lowest BCUT2D eigenvalue weighted by Crippen LogP contribution is -2.37. The molecule has 0 saturated heterocycles. The summed E-state index contributed by atoms with van der Waals surface area (Å²) in [6.45, 7) is 6.50. The number of aliphatic hydroxyl groups is 1. The first-order valence-electron chi connectivity index (χ1n) is 6.67. The number of rotatable bonds is 6. The summed E-state index contributed by atoms with van der Waals surface area (Å²) < 4.78 is 1.46. The highest BCUT2D eigenvalue weighted by Gasteiger charge is 2.19. The molecule has 21 heavy (non-hydrogen) atoms. The maximum absolute atomic E-state index is 9.92. The van der Waals surface area contributed by atoms with Crippen molar-refractivity contribution < 1.29 is 5.11 Å². The monoisotopic (exact) mass is 292 g/mol. The number of hydrogen-bond acceptors (Lipinski definition) is 8. The van der Waals surface area contributed by atoms with E-state index in [1.807, 2.05) is 14.0 Å². The van der Waals surface area contributed by atoms with Crippen molar-refractivity contribution in [2.75, 3.05) is 30.4 Å². The van der Waals surface area contributed by atoms with E-state index in [-0.39, 0.29) is 0 Å². The summed E-state index contributed by atoms with van der Waals surface area (Å²) in [6.07, 6.45) is 2.93. The molecule has 114 valence electrons. The molecule has 2 aromatic heterocycles. The van der Waals surface area contributed by atoms with E-state index < -0.39 is 5.60 Å². The molecule has 0 unspecified atom stereocenters. The molecule has 0 bridgehead atoms. The first kappa shape index (κ1) is 15.1. The van der Waals surface area contributed by atoms with E-state index in [1.165, 1.54) is 17.3 Å². The van der Waals surface area contributed by atoms with Crippen LogP contribution in [0.4, 0.5) is 11.9 Å². The Labute approximate surface area is 123 Å². The first-order valence-corrected chi connectivity index (χ1v) is 6.67. The van der Waals surface area contributed by atoms with Gasteiger partial charge < -0.3 is 15.3 Å². The molecule has 0 atom stereocenters. The lowest BCUT2D eigenvalue weighted by Gasteiger charge is -2.25. The molecule has 0 saturated carbocycles. The molecule has 0 amide bonds. The molecule has 9 heteroatoms. The molecule has 9 nitrogen and oxygen atoms in total. The Kier molecular flexibility index (Phi) is 4.32. The highest BCUT2D eigenvalue weighted by atomic mass is 16.3. The molecule has 2 rings (SSSR count). The normalized spacial score (nSPS) is 11.5. The molecule has 2 aromatic rings. The van der Waals surface area contributed by atoms with Gasteiger partial charge in [-0.1, -0.05) is 0 Å². The van der Waals surface area contributed by atoms with Crippen LogP contribution < -0.4 is 10.2 Å². The van der Waals surface area contributed by atoms with Gasteiger partial charge in [-0.2, -0.15) is 24.7 Å². The highest BCUT2D eigenvalue weighted by Crippen LogP contribution is 2.14. The zero-order valence-electron chi connectivity index (χ0n) is 12.6. The van der Waals surface area contributed by atoms with Gasteiger partial charge in [-0.25, -0.2) is 4.98 Å². The third-order valence-electron chi connectivity index (χ3n) is 2.54. The maximum Gasteiger partial charge on any atom is 0.258 e. The van der Waals surface area contributed by atoms with Gasteiger partial charge in [0.2, 0.25) is 11.9 Å². The van der Waals surface area contributed by atoms with Gasteiger partial charge in [-0.3, -0.25) is 0 Å². The standard InChI is InChI=1S/C12H20N8O/c1-5-14-9-16-10(19(4)6-12(2,3)21)18-11(17-9)20-8-13-7-15-20/h7-8,21H,5-6H2,1-4H3,(H,14,16,17,18). The summed E-state index contributed by atoms with van der Waals surface area (Å²) in [5.41, 5.74) is -0.854. The summed E-state index contributed by atoms with van der Waals surface area (Å²) in [4.78, 5) is 18.6. The van der Waals surface area contributed by atoms with Gasteiger partial charge in [0.05, 0.1) is 5.60 Å². The van der Waals surface area contributed by atoms with Crippen LogP contribution in [0.1, 0.15) is 20.8 Å². The summed E-state index contributed by atoms with van der Waals surface area (Å²) in [7, 11) is 1.81. The molecule has 0 spiro atoms. The molecular weight excluding hydrogens is 272 g/mol. The van der Waals surface area contributed by atoms with Gasteiger partial charge in [0.25, 0.3) is 5.95 Å². The van der Waals surface area contributed by atoms with Gasteiger partial charge in [0, 0.05) is 20.1 Å². The van der Waals surface area contributed by atoms with Crippen molar-refractivity contribution >= 4 is 11.9 Å². The molecule has 2 N–H and O–H groups in total. The lowest BCUT2D eigenvalue weighted by molar-refractivity contribution is 0.0882. The smallest absolute Gasteiger partial charge is 0.258 e. The van der Waals surface area contributed by atoms with Crippen LogP contribution in [0.2, 0.25) is 0 Å². The Hall–Kier alpha value is -2.29. The van der Waals surface area contributed by atoms with Crippen LogP contribution >= 0.6 is 0 Å². The van der Waals surface area contributed by atoms with Crippen molar-refractivity contribution in [1.82, 2.24) is 29.7 Å². The number of hydrogen-bond donors (Lipinski definition) is 2. The molecule has 0 aliphatic carbocycles. The van der Waals surface area contributed by atoms with E-state index in [0.717, 1.165) is 0 Å². The van der Waals surface area contributed by atoms with Gasteiger partial charge in [-0.05, 0) is 20.8 Å². The number of nitrogens with one attached hydrogen (secondary N) is 1. The minimum absolute atomic E-state index is 0.371. The van der Waals surface area contributed by atoms with Crippen LogP contribution in [0, 0.1) is 0 Å². The topological polar surface area (TPSA) is 105 Å². The molecule has 0 aliphatic rings. The average Bonchev–Trinajstić information content (AvgIpc) is 2.90. The number of likely N-dealkylation sites (N-methyl/N-ethyl adjacent to an activating group) is 1. The second-order valence-electron chi connectivity index (χ2n) is 5.30. The van der Waals surface area contributed by atoms with Crippen molar-refractivity contribution in [3.05, 3.63) is 12.7 Å². The summed E-state index contributed by atoms with van der Waals surface area (Å²) in [6, 6.07) is 0. The Morgan fingerprint density at radius 3 is 2.67 bits per heavy atom. The molecular formula is C12H20N8O. The second kappa shape index (κ2) is 6.00. The zero-order valence-corrected chi connectivity index (χ0v) is 12.6. The van der Waals surface area contributed by atoms with Crippen molar-refractivity contribution in [1.29, 1.82) is 0 Å². The molecule has 2 heterocycles. The zero-order chi connectivity index (χ0) is 15.5. The van der Waals surface area contributed by atoms with E-state index in [0.29, 0.717) is 30.9 Å². The predicted molar refractivity (Wildman–Crippen MR) is 78.5 cm³/mol. The highest BCUT2D eigenvalue weighted by molar-refractivity contribution is 5.39. The fourth-order valence-corrected chi connectivity index (χ4v) is 1.83. The minimum Gasteiger partial charge on any atom is -0.389 e. The first-order chi connectivity index (χ1) is 9.89. The quantitative estimate of drug-likeness (QED) is 0.772. The third kappa shape index (κ3) is 4.09. The SMILES string of the molecule is CCNc1nc(N(C)CC(C)(C)O)nc(-n2cncn2)n1. The maximum atomic E-state index is 9.92. The number of nitrogens with zero attached hydrogens (tertiary/aromatic N) is 7. The van der Waals surface area contributed by atoms with E-state index in [2.05, 4.69) is 30.4 Å². The largest absolute Gasteiger partial charge is 0.389 e. The van der Waals surface area contributed by atoms with Crippen LogP contribution in [0.3, 0.4) is 0 Å².